The van der Waals surface area contributed by atoms with E-state index in [-0.39, 0.29) is 5.91 Å². The summed E-state index contributed by atoms with van der Waals surface area (Å²) >= 11 is 6.14. The highest BCUT2D eigenvalue weighted by Crippen LogP contribution is 2.25. The van der Waals surface area contributed by atoms with Crippen molar-refractivity contribution in [3.05, 3.63) is 58.5 Å². The molecule has 1 amide bonds. The van der Waals surface area contributed by atoms with Crippen molar-refractivity contribution in [1.29, 1.82) is 0 Å². The Labute approximate surface area is 168 Å². The highest BCUT2D eigenvalue weighted by atomic mass is 35.5. The lowest BCUT2D eigenvalue weighted by Gasteiger charge is -2.35. The molecular formula is C20H22ClN5O2. The number of halogens is 1. The zero-order valence-corrected chi connectivity index (χ0v) is 16.7. The summed E-state index contributed by atoms with van der Waals surface area (Å²) in [5.74, 6) is 0.821. The number of carbonyl (C=O) groups excluding carboxylic acids is 1. The van der Waals surface area contributed by atoms with Crippen molar-refractivity contribution in [3.8, 4) is 5.75 Å². The average Bonchev–Trinajstić information content (AvgIpc) is 3.04. The van der Waals surface area contributed by atoms with E-state index >= 15 is 0 Å². The van der Waals surface area contributed by atoms with Gasteiger partial charge in [0.25, 0.3) is 5.91 Å². The third kappa shape index (κ3) is 3.55. The molecule has 1 fully saturated rings. The number of ether oxygens (including phenoxy) is 1. The number of carbonyl (C=O) groups is 1. The van der Waals surface area contributed by atoms with Crippen LogP contribution in [0.25, 0.3) is 5.65 Å². The molecule has 0 saturated carbocycles. The van der Waals surface area contributed by atoms with E-state index in [9.17, 15) is 4.79 Å². The summed E-state index contributed by atoms with van der Waals surface area (Å²) in [7, 11) is 1.66. The van der Waals surface area contributed by atoms with Crippen LogP contribution < -0.4 is 4.74 Å². The molecule has 1 aliphatic heterocycles. The van der Waals surface area contributed by atoms with Gasteiger partial charge in [0, 0.05) is 55.7 Å². The van der Waals surface area contributed by atoms with E-state index in [2.05, 4.69) is 15.0 Å². The predicted octanol–water partition coefficient (Wildman–Crippen LogP) is 2.66. The molecule has 1 aromatic carbocycles. The molecule has 0 atom stereocenters. The van der Waals surface area contributed by atoms with E-state index in [1.165, 1.54) is 0 Å². The zero-order valence-electron chi connectivity index (χ0n) is 15.9. The van der Waals surface area contributed by atoms with E-state index in [4.69, 9.17) is 16.3 Å². The Hall–Kier alpha value is -2.64. The van der Waals surface area contributed by atoms with Gasteiger partial charge in [0.05, 0.1) is 12.8 Å². The Kier molecular flexibility index (Phi) is 5.19. The molecule has 0 spiro atoms. The molecular weight excluding hydrogens is 378 g/mol. The highest BCUT2D eigenvalue weighted by molar-refractivity contribution is 6.30. The Morgan fingerprint density at radius 2 is 2.04 bits per heavy atom. The lowest BCUT2D eigenvalue weighted by atomic mass is 10.1. The van der Waals surface area contributed by atoms with Crippen LogP contribution in [0.4, 0.5) is 0 Å². The molecule has 1 aliphatic rings. The number of aryl methyl sites for hydroxylation is 1. The van der Waals surface area contributed by atoms with Crippen LogP contribution in [0.2, 0.25) is 5.02 Å². The number of hydrogen-bond donors (Lipinski definition) is 0. The van der Waals surface area contributed by atoms with Gasteiger partial charge >= 0.3 is 0 Å². The summed E-state index contributed by atoms with van der Waals surface area (Å²) in [6.07, 6.45) is 3.49. The van der Waals surface area contributed by atoms with Crippen molar-refractivity contribution in [1.82, 2.24) is 24.4 Å². The van der Waals surface area contributed by atoms with Crippen molar-refractivity contribution in [2.75, 3.05) is 33.3 Å². The zero-order chi connectivity index (χ0) is 19.7. The topological polar surface area (TPSA) is 63.0 Å². The van der Waals surface area contributed by atoms with E-state index in [1.54, 1.807) is 23.9 Å². The van der Waals surface area contributed by atoms with E-state index in [0.29, 0.717) is 35.0 Å². The second-order valence-electron chi connectivity index (χ2n) is 6.87. The molecule has 0 aliphatic carbocycles. The van der Waals surface area contributed by atoms with Crippen LogP contribution in [0.3, 0.4) is 0 Å². The van der Waals surface area contributed by atoms with Crippen LogP contribution >= 0.6 is 11.6 Å². The number of fused-ring (bicyclic) bond motifs is 1. The maximum atomic E-state index is 13.1. The molecule has 0 unspecified atom stereocenters. The number of amides is 1. The first-order valence-corrected chi connectivity index (χ1v) is 9.58. The number of aromatic nitrogens is 3. The molecule has 0 bridgehead atoms. The van der Waals surface area contributed by atoms with Crippen LogP contribution in [0.5, 0.6) is 5.75 Å². The van der Waals surface area contributed by atoms with Crippen LogP contribution in [-0.2, 0) is 6.54 Å². The van der Waals surface area contributed by atoms with Gasteiger partial charge < -0.3 is 9.64 Å². The number of benzene rings is 1. The molecule has 28 heavy (non-hydrogen) atoms. The van der Waals surface area contributed by atoms with E-state index < -0.39 is 0 Å². The molecule has 3 heterocycles. The average molecular weight is 400 g/mol. The summed E-state index contributed by atoms with van der Waals surface area (Å²) in [5.41, 5.74) is 2.95. The summed E-state index contributed by atoms with van der Waals surface area (Å²) in [6.45, 7) is 5.48. The van der Waals surface area contributed by atoms with Gasteiger partial charge in [-0.3, -0.25) is 9.69 Å². The first-order valence-electron chi connectivity index (χ1n) is 9.21. The fourth-order valence-electron chi connectivity index (χ4n) is 3.63. The first-order chi connectivity index (χ1) is 13.6. The van der Waals surface area contributed by atoms with Crippen LogP contribution in [0.1, 0.15) is 21.6 Å². The number of rotatable bonds is 4. The van der Waals surface area contributed by atoms with Gasteiger partial charge in [-0.15, -0.1) is 0 Å². The fourth-order valence-corrected chi connectivity index (χ4v) is 3.82. The number of nitrogens with zero attached hydrogens (tertiary/aromatic N) is 5. The minimum atomic E-state index is -0.00816. The highest BCUT2D eigenvalue weighted by Gasteiger charge is 2.27. The molecule has 1 saturated heterocycles. The van der Waals surface area contributed by atoms with Gasteiger partial charge in [-0.1, -0.05) is 11.6 Å². The Bertz CT molecular complexity index is 1010. The number of piperazine rings is 1. The largest absolute Gasteiger partial charge is 0.496 e. The summed E-state index contributed by atoms with van der Waals surface area (Å²) in [6, 6.07) is 7.45. The minimum absolute atomic E-state index is 0.00816. The summed E-state index contributed by atoms with van der Waals surface area (Å²) in [5, 5.41) is 5.09. The van der Waals surface area contributed by atoms with Crippen LogP contribution in [0, 0.1) is 6.92 Å². The van der Waals surface area contributed by atoms with Crippen LogP contribution in [-0.4, -0.2) is 63.6 Å². The smallest absolute Gasteiger partial charge is 0.259 e. The molecule has 8 heteroatoms. The van der Waals surface area contributed by atoms with Crippen molar-refractivity contribution in [2.24, 2.45) is 0 Å². The molecule has 0 radical (unpaired) electrons. The molecule has 146 valence electrons. The van der Waals surface area contributed by atoms with E-state index in [1.807, 2.05) is 36.2 Å². The van der Waals surface area contributed by atoms with Gasteiger partial charge in [-0.05, 0) is 31.2 Å². The van der Waals surface area contributed by atoms with Crippen molar-refractivity contribution < 1.29 is 9.53 Å². The monoisotopic (exact) mass is 399 g/mol. The maximum Gasteiger partial charge on any atom is 0.259 e. The van der Waals surface area contributed by atoms with Crippen molar-refractivity contribution >= 4 is 23.2 Å². The molecule has 3 aromatic rings. The van der Waals surface area contributed by atoms with Crippen molar-refractivity contribution in [3.63, 3.8) is 0 Å². The third-order valence-electron chi connectivity index (χ3n) is 5.08. The molecule has 7 nitrogen and oxygen atoms in total. The molecule has 0 N–H and O–H groups in total. The summed E-state index contributed by atoms with van der Waals surface area (Å²) < 4.78 is 7.10. The fraction of sp³-hybridized carbons (Fsp3) is 0.350. The second-order valence-corrected chi connectivity index (χ2v) is 7.31. The maximum absolute atomic E-state index is 13.1. The lowest BCUT2D eigenvalue weighted by Crippen LogP contribution is -2.48. The lowest BCUT2D eigenvalue weighted by molar-refractivity contribution is 0.0628. The summed E-state index contributed by atoms with van der Waals surface area (Å²) in [4.78, 5) is 21.6. The van der Waals surface area contributed by atoms with Gasteiger partial charge in [-0.2, -0.15) is 5.10 Å². The van der Waals surface area contributed by atoms with E-state index in [0.717, 1.165) is 30.9 Å². The molecule has 2 aromatic heterocycles. The quantitative estimate of drug-likeness (QED) is 0.675. The predicted molar refractivity (Wildman–Crippen MR) is 107 cm³/mol. The Morgan fingerprint density at radius 3 is 2.79 bits per heavy atom. The minimum Gasteiger partial charge on any atom is -0.496 e. The molecule has 4 rings (SSSR count). The Morgan fingerprint density at radius 1 is 1.25 bits per heavy atom. The Balaban J connectivity index is 1.45. The van der Waals surface area contributed by atoms with Gasteiger partial charge in [0.1, 0.15) is 11.3 Å². The number of methoxy groups -OCH3 is 1. The normalized spacial score (nSPS) is 15.2. The van der Waals surface area contributed by atoms with Gasteiger partial charge in [0.15, 0.2) is 5.65 Å². The van der Waals surface area contributed by atoms with Crippen LogP contribution in [0.15, 0.2) is 36.7 Å². The van der Waals surface area contributed by atoms with Gasteiger partial charge in [0.2, 0.25) is 0 Å². The second kappa shape index (κ2) is 7.77. The van der Waals surface area contributed by atoms with Crippen molar-refractivity contribution in [2.45, 2.75) is 13.5 Å². The third-order valence-corrected chi connectivity index (χ3v) is 5.32. The SMILES string of the molecule is COc1ccc(Cl)cc1CN1CCN(C(=O)c2c(C)nn3cccnc23)CC1. The number of hydrogen-bond acceptors (Lipinski definition) is 5. The first kappa shape index (κ1) is 18.7. The van der Waals surface area contributed by atoms with Gasteiger partial charge in [-0.25, -0.2) is 9.50 Å². The standard InChI is InChI=1S/C20H22ClN5O2/c1-14-18(19-22-6-3-7-26(19)23-14)20(27)25-10-8-24(9-11-25)13-15-12-16(21)4-5-17(15)28-2/h3-7,12H,8-11,13H2,1-2H3.